The third kappa shape index (κ3) is 6.07. The van der Waals surface area contributed by atoms with Crippen molar-refractivity contribution in [3.05, 3.63) is 59.9 Å². The number of hydrogen-bond acceptors (Lipinski definition) is 4. The molecule has 30 heavy (non-hydrogen) atoms. The first kappa shape index (κ1) is 22.8. The highest BCUT2D eigenvalue weighted by molar-refractivity contribution is 14.0. The Balaban J connectivity index is 0.00000256. The highest BCUT2D eigenvalue weighted by Gasteiger charge is 2.23. The highest BCUT2D eigenvalue weighted by atomic mass is 127. The Bertz CT molecular complexity index is 808. The van der Waals surface area contributed by atoms with Crippen molar-refractivity contribution in [1.29, 1.82) is 0 Å². The van der Waals surface area contributed by atoms with Crippen molar-refractivity contribution >= 4 is 29.9 Å². The van der Waals surface area contributed by atoms with Crippen molar-refractivity contribution in [2.45, 2.75) is 37.8 Å². The lowest BCUT2D eigenvalue weighted by Gasteiger charge is -2.33. The number of nitrogens with one attached hydrogen (secondary N) is 2. The zero-order valence-corrected chi connectivity index (χ0v) is 19.9. The summed E-state index contributed by atoms with van der Waals surface area (Å²) in [4.78, 5) is 11.4. The molecule has 7 heteroatoms. The predicted molar refractivity (Wildman–Crippen MR) is 132 cm³/mol. The summed E-state index contributed by atoms with van der Waals surface area (Å²) < 4.78 is 5.78. The van der Waals surface area contributed by atoms with Crippen LogP contribution in [0.15, 0.2) is 53.7 Å². The Morgan fingerprint density at radius 2 is 1.93 bits per heavy atom. The number of benzene rings is 1. The van der Waals surface area contributed by atoms with Gasteiger partial charge in [0, 0.05) is 51.4 Å². The van der Waals surface area contributed by atoms with Crippen molar-refractivity contribution in [1.82, 2.24) is 20.5 Å². The Hall–Kier alpha value is -1.87. The van der Waals surface area contributed by atoms with Crippen LogP contribution in [0.2, 0.25) is 0 Å². The predicted octanol–water partition coefficient (Wildman–Crippen LogP) is 3.40. The van der Waals surface area contributed by atoms with E-state index in [1.807, 2.05) is 25.4 Å². The maximum atomic E-state index is 5.78. The van der Waals surface area contributed by atoms with Crippen molar-refractivity contribution in [3.63, 3.8) is 0 Å². The summed E-state index contributed by atoms with van der Waals surface area (Å²) in [6.45, 7) is 4.75. The van der Waals surface area contributed by atoms with Crippen LogP contribution in [-0.4, -0.2) is 55.2 Å². The smallest absolute Gasteiger partial charge is 0.191 e. The van der Waals surface area contributed by atoms with Crippen LogP contribution in [-0.2, 0) is 6.54 Å². The Kier molecular flexibility index (Phi) is 8.74. The average Bonchev–Trinajstić information content (AvgIpc) is 2.78. The topological polar surface area (TPSA) is 61.8 Å². The number of piperidine rings is 1. The van der Waals surface area contributed by atoms with E-state index in [1.54, 1.807) is 0 Å². The van der Waals surface area contributed by atoms with Crippen molar-refractivity contribution in [2.75, 3.05) is 33.3 Å². The minimum absolute atomic E-state index is 0. The van der Waals surface area contributed by atoms with Gasteiger partial charge in [0.05, 0.1) is 12.3 Å². The van der Waals surface area contributed by atoms with Gasteiger partial charge in [0.15, 0.2) is 5.96 Å². The normalized spacial score (nSPS) is 19.9. The van der Waals surface area contributed by atoms with Crippen LogP contribution in [0.3, 0.4) is 0 Å². The molecule has 3 heterocycles. The molecule has 0 spiro atoms. The molecule has 1 unspecified atom stereocenters. The summed E-state index contributed by atoms with van der Waals surface area (Å²) in [5, 5.41) is 7.16. The Morgan fingerprint density at radius 1 is 1.13 bits per heavy atom. The third-order valence-electron chi connectivity index (χ3n) is 5.86. The zero-order valence-electron chi connectivity index (χ0n) is 17.6. The fourth-order valence-electron chi connectivity index (χ4n) is 4.19. The van der Waals surface area contributed by atoms with Gasteiger partial charge in [0.1, 0.15) is 5.75 Å². The van der Waals surface area contributed by atoms with Gasteiger partial charge in [-0.25, -0.2) is 0 Å². The monoisotopic (exact) mass is 521 g/mol. The van der Waals surface area contributed by atoms with Crippen LogP contribution in [0.5, 0.6) is 5.75 Å². The molecule has 4 rings (SSSR count). The van der Waals surface area contributed by atoms with Crippen molar-refractivity contribution in [2.24, 2.45) is 4.99 Å². The van der Waals surface area contributed by atoms with E-state index < -0.39 is 0 Å². The Morgan fingerprint density at radius 3 is 2.70 bits per heavy atom. The van der Waals surface area contributed by atoms with Crippen LogP contribution in [0, 0.1) is 0 Å². The fourth-order valence-corrected chi connectivity index (χ4v) is 4.19. The first-order chi connectivity index (χ1) is 14.3. The molecule has 0 bridgehead atoms. The molecule has 2 aromatic rings. The molecule has 0 radical (unpaired) electrons. The van der Waals surface area contributed by atoms with Gasteiger partial charge in [-0.2, -0.15) is 0 Å². The standard InChI is InChI=1S/C23H31N5O.HI/c1-24-23(26-16-18-11-15-29-22-8-3-2-7-21(18)22)27-19-9-13-28(14-10-19)17-20-6-4-5-12-25-20;/h2-8,12,18-19H,9-11,13-17H2,1H3,(H2,24,26,27);1H. The first-order valence-corrected chi connectivity index (χ1v) is 10.6. The van der Waals surface area contributed by atoms with Crippen molar-refractivity contribution in [3.8, 4) is 5.75 Å². The first-order valence-electron chi connectivity index (χ1n) is 10.6. The minimum Gasteiger partial charge on any atom is -0.493 e. The number of pyridine rings is 1. The molecular formula is C23H32IN5O. The summed E-state index contributed by atoms with van der Waals surface area (Å²) in [6.07, 6.45) is 5.14. The van der Waals surface area contributed by atoms with E-state index in [4.69, 9.17) is 4.74 Å². The molecular weight excluding hydrogens is 489 g/mol. The molecule has 2 aliphatic rings. The van der Waals surface area contributed by atoms with E-state index in [2.05, 4.69) is 55.8 Å². The van der Waals surface area contributed by atoms with Crippen molar-refractivity contribution < 1.29 is 4.74 Å². The maximum Gasteiger partial charge on any atom is 0.191 e. The summed E-state index contributed by atoms with van der Waals surface area (Å²) >= 11 is 0. The van der Waals surface area contributed by atoms with Crippen LogP contribution in [0.4, 0.5) is 0 Å². The van der Waals surface area contributed by atoms with Crippen LogP contribution in [0.1, 0.15) is 36.4 Å². The molecule has 1 aromatic carbocycles. The second-order valence-electron chi connectivity index (χ2n) is 7.84. The quantitative estimate of drug-likeness (QED) is 0.359. The number of guanidine groups is 1. The summed E-state index contributed by atoms with van der Waals surface area (Å²) in [5.41, 5.74) is 2.44. The number of nitrogens with zero attached hydrogens (tertiary/aromatic N) is 3. The molecule has 0 amide bonds. The second kappa shape index (κ2) is 11.5. The number of likely N-dealkylation sites (tertiary alicyclic amines) is 1. The molecule has 6 nitrogen and oxygen atoms in total. The number of rotatable bonds is 5. The number of fused-ring (bicyclic) bond motifs is 1. The largest absolute Gasteiger partial charge is 0.493 e. The Labute approximate surface area is 196 Å². The van der Waals surface area contributed by atoms with E-state index in [-0.39, 0.29) is 24.0 Å². The van der Waals surface area contributed by atoms with Crippen LogP contribution in [0.25, 0.3) is 0 Å². The van der Waals surface area contributed by atoms with E-state index in [0.29, 0.717) is 12.0 Å². The second-order valence-corrected chi connectivity index (χ2v) is 7.84. The van der Waals surface area contributed by atoms with Crippen LogP contribution >= 0.6 is 24.0 Å². The number of aliphatic imine (C=N–C) groups is 1. The molecule has 0 aliphatic carbocycles. The zero-order chi connectivity index (χ0) is 19.9. The summed E-state index contributed by atoms with van der Waals surface area (Å²) in [5.74, 6) is 2.38. The van der Waals surface area contributed by atoms with Gasteiger partial charge in [0.25, 0.3) is 0 Å². The molecule has 1 aromatic heterocycles. The molecule has 0 saturated carbocycles. The number of aromatic nitrogens is 1. The van der Waals surface area contributed by atoms with E-state index in [9.17, 15) is 0 Å². The third-order valence-corrected chi connectivity index (χ3v) is 5.86. The van der Waals surface area contributed by atoms with Gasteiger partial charge in [-0.15, -0.1) is 24.0 Å². The summed E-state index contributed by atoms with van der Waals surface area (Å²) in [6, 6.07) is 15.0. The van der Waals surface area contributed by atoms with E-state index in [1.165, 1.54) is 5.56 Å². The number of hydrogen-bond donors (Lipinski definition) is 2. The lowest BCUT2D eigenvalue weighted by Crippen LogP contribution is -2.49. The lowest BCUT2D eigenvalue weighted by atomic mass is 9.93. The molecule has 1 atom stereocenters. The molecule has 1 saturated heterocycles. The van der Waals surface area contributed by atoms with Gasteiger partial charge < -0.3 is 15.4 Å². The number of para-hydroxylation sites is 1. The molecule has 1 fully saturated rings. The van der Waals surface area contributed by atoms with Gasteiger partial charge in [-0.3, -0.25) is 14.9 Å². The molecule has 162 valence electrons. The van der Waals surface area contributed by atoms with Crippen LogP contribution < -0.4 is 15.4 Å². The van der Waals surface area contributed by atoms with Gasteiger partial charge in [-0.05, 0) is 43.0 Å². The molecule has 2 N–H and O–H groups in total. The summed E-state index contributed by atoms with van der Waals surface area (Å²) in [7, 11) is 1.85. The van der Waals surface area contributed by atoms with E-state index >= 15 is 0 Å². The number of halogens is 1. The SMILES string of the molecule is CN=C(NCC1CCOc2ccccc21)NC1CCN(Cc2ccccn2)CC1.I. The number of ether oxygens (including phenoxy) is 1. The van der Waals surface area contributed by atoms with Gasteiger partial charge in [-0.1, -0.05) is 24.3 Å². The average molecular weight is 521 g/mol. The lowest BCUT2D eigenvalue weighted by molar-refractivity contribution is 0.196. The van der Waals surface area contributed by atoms with Gasteiger partial charge >= 0.3 is 0 Å². The maximum absolute atomic E-state index is 5.78. The van der Waals surface area contributed by atoms with E-state index in [0.717, 1.165) is 69.5 Å². The van der Waals surface area contributed by atoms with Gasteiger partial charge in [0.2, 0.25) is 0 Å². The highest BCUT2D eigenvalue weighted by Crippen LogP contribution is 2.32. The molecule has 2 aliphatic heterocycles. The fraction of sp³-hybridized carbons (Fsp3) is 0.478. The minimum atomic E-state index is 0.